The molecule has 4 heterocycles. The van der Waals surface area contributed by atoms with Crippen molar-refractivity contribution < 1.29 is 38.5 Å². The minimum atomic E-state index is -1.54. The molecule has 16 heteroatoms. The van der Waals surface area contributed by atoms with Crippen LogP contribution in [0.25, 0.3) is 0 Å². The molecule has 0 aromatic carbocycles. The second kappa shape index (κ2) is 10.2. The molecule has 0 aliphatic carbocycles. The molecule has 3 atom stereocenters. The Kier molecular flexibility index (Phi) is 7.28. The molecule has 0 spiro atoms. The van der Waals surface area contributed by atoms with E-state index in [4.69, 9.17) is 24.8 Å². The number of hydrogen-bond donors (Lipinski definition) is 3. The van der Waals surface area contributed by atoms with Gasteiger partial charge in [0.15, 0.2) is 10.8 Å². The summed E-state index contributed by atoms with van der Waals surface area (Å²) in [6.07, 6.45) is -1.67. The number of fused-ring (bicyclic) bond motifs is 1. The number of nitrogens with zero attached hydrogens (tertiary/aromatic N) is 3. The first-order valence-corrected chi connectivity index (χ1v) is 12.3. The molecule has 178 valence electrons. The topological polar surface area (TPSA) is 175 Å². The van der Waals surface area contributed by atoms with Crippen molar-refractivity contribution in [2.45, 2.75) is 17.5 Å². The molecule has 1 aromatic rings. The van der Waals surface area contributed by atoms with Crippen molar-refractivity contribution in [2.24, 2.45) is 5.16 Å². The Balaban J connectivity index is 1.47. The van der Waals surface area contributed by atoms with E-state index >= 15 is 0 Å². The Hall–Kier alpha value is -2.53. The molecule has 2 amide bonds. The van der Waals surface area contributed by atoms with Gasteiger partial charge in [-0.2, -0.15) is 0 Å². The largest absolute Gasteiger partial charge is 0.512 e. The number of oxime groups is 1. The van der Waals surface area contributed by atoms with Crippen LogP contribution in [0.15, 0.2) is 21.3 Å². The molecule has 0 saturated carbocycles. The number of ether oxygens (including phenoxy) is 3. The lowest BCUT2D eigenvalue weighted by Gasteiger charge is -2.49. The fourth-order valence-electron chi connectivity index (χ4n) is 3.20. The predicted octanol–water partition coefficient (Wildman–Crippen LogP) is 0.446. The maximum atomic E-state index is 12.9. The number of carboxylic acid groups (broad SMARTS) is 1. The Bertz CT molecular complexity index is 1010. The molecule has 0 radical (unpaired) electrons. The van der Waals surface area contributed by atoms with Crippen molar-refractivity contribution in [1.82, 2.24) is 15.2 Å². The van der Waals surface area contributed by atoms with Gasteiger partial charge in [-0.05, 0) is 0 Å². The van der Waals surface area contributed by atoms with E-state index in [0.29, 0.717) is 23.0 Å². The molecule has 2 unspecified atom stereocenters. The Morgan fingerprint density at radius 2 is 2.33 bits per heavy atom. The summed E-state index contributed by atoms with van der Waals surface area (Å²) in [5.74, 6) is -0.329. The third kappa shape index (κ3) is 5.03. The fraction of sp³-hybridized carbons (Fsp3) is 0.471. The summed E-state index contributed by atoms with van der Waals surface area (Å²) in [4.78, 5) is 47.5. The average Bonchev–Trinajstić information content (AvgIpc) is 3.45. The molecule has 1 aromatic heterocycles. The van der Waals surface area contributed by atoms with Crippen LogP contribution in [-0.4, -0.2) is 88.2 Å². The summed E-state index contributed by atoms with van der Waals surface area (Å²) in [6, 6.07) is -0.911. The van der Waals surface area contributed by atoms with Crippen LogP contribution in [0.1, 0.15) is 5.69 Å². The van der Waals surface area contributed by atoms with Crippen LogP contribution in [0.4, 0.5) is 9.93 Å². The van der Waals surface area contributed by atoms with Crippen LogP contribution in [-0.2, 0) is 28.6 Å². The predicted molar refractivity (Wildman–Crippen MR) is 119 cm³/mol. The van der Waals surface area contributed by atoms with Crippen LogP contribution in [0.5, 0.6) is 0 Å². The van der Waals surface area contributed by atoms with Gasteiger partial charge >= 0.3 is 6.16 Å². The highest BCUT2D eigenvalue weighted by Crippen LogP contribution is 2.44. The zero-order chi connectivity index (χ0) is 23.5. The lowest BCUT2D eigenvalue weighted by molar-refractivity contribution is -0.148. The summed E-state index contributed by atoms with van der Waals surface area (Å²) in [5.41, 5.74) is 5.70. The van der Waals surface area contributed by atoms with Gasteiger partial charge in [0.05, 0.1) is 17.6 Å². The number of rotatable bonds is 8. The number of nitrogen functional groups attached to an aromatic ring is 1. The molecule has 4 rings (SSSR count). The van der Waals surface area contributed by atoms with Crippen molar-refractivity contribution in [1.29, 1.82) is 0 Å². The number of nitrogens with one attached hydrogen (secondary N) is 1. The summed E-state index contributed by atoms with van der Waals surface area (Å²) in [5, 5.41) is 16.7. The van der Waals surface area contributed by atoms with Gasteiger partial charge in [0.2, 0.25) is 5.88 Å². The van der Waals surface area contributed by atoms with Gasteiger partial charge in [-0.25, -0.2) is 9.78 Å². The van der Waals surface area contributed by atoms with E-state index in [-0.39, 0.29) is 35.3 Å². The molecule has 4 N–H and O–H groups in total. The Morgan fingerprint density at radius 1 is 1.52 bits per heavy atom. The van der Waals surface area contributed by atoms with E-state index in [9.17, 15) is 19.5 Å². The van der Waals surface area contributed by atoms with Crippen molar-refractivity contribution >= 4 is 63.7 Å². The van der Waals surface area contributed by atoms with Crippen molar-refractivity contribution in [2.75, 3.05) is 37.7 Å². The Morgan fingerprint density at radius 3 is 2.97 bits per heavy atom. The number of anilines is 1. The first-order chi connectivity index (χ1) is 15.9. The van der Waals surface area contributed by atoms with Gasteiger partial charge in [-0.1, -0.05) is 5.16 Å². The number of hydrogen-bond acceptors (Lipinski definition) is 13. The highest BCUT2D eigenvalue weighted by molar-refractivity contribution is 8.06. The number of thioether (sulfide) groups is 2. The summed E-state index contributed by atoms with van der Waals surface area (Å²) < 4.78 is 15.5. The van der Waals surface area contributed by atoms with Gasteiger partial charge in [0, 0.05) is 16.9 Å². The number of thiazole rings is 1. The third-order valence-corrected chi connectivity index (χ3v) is 8.00. The van der Waals surface area contributed by atoms with Crippen LogP contribution >= 0.6 is 34.9 Å². The van der Waals surface area contributed by atoms with Crippen molar-refractivity contribution in [3.63, 3.8) is 0 Å². The molecule has 3 aliphatic rings. The average molecular weight is 518 g/mol. The Labute approximate surface area is 199 Å². The number of amides is 2. The normalized spacial score (nSPS) is 24.9. The zero-order valence-corrected chi connectivity index (χ0v) is 19.5. The highest BCUT2D eigenvalue weighted by Gasteiger charge is 2.54. The highest BCUT2D eigenvalue weighted by atomic mass is 32.2. The molecule has 0 bridgehead atoms. The van der Waals surface area contributed by atoms with Gasteiger partial charge in [-0.15, -0.1) is 34.9 Å². The number of carbonyl (C=O) groups excluding carboxylic acids is 2. The second-order valence-corrected chi connectivity index (χ2v) is 9.85. The number of β-lactam (4-membered cyclic amide) rings is 1. The van der Waals surface area contributed by atoms with E-state index in [1.54, 1.807) is 5.38 Å². The summed E-state index contributed by atoms with van der Waals surface area (Å²) >= 11 is 3.84. The van der Waals surface area contributed by atoms with Crippen LogP contribution in [0, 0.1) is 0 Å². The maximum Gasteiger partial charge on any atom is 0.512 e. The minimum Gasteiger partial charge on any atom is -0.449 e. The summed E-state index contributed by atoms with van der Waals surface area (Å²) in [7, 11) is 1.28. The number of carbonyl (C=O) groups is 3. The van der Waals surface area contributed by atoms with Crippen LogP contribution < -0.4 is 11.1 Å². The number of nitrogens with two attached hydrogens (primary N) is 1. The molecule has 33 heavy (non-hydrogen) atoms. The quantitative estimate of drug-likeness (QED) is 0.188. The van der Waals surface area contributed by atoms with Crippen LogP contribution in [0.3, 0.4) is 0 Å². The summed E-state index contributed by atoms with van der Waals surface area (Å²) in [6.45, 7) is 0.658. The lowest BCUT2D eigenvalue weighted by Crippen LogP contribution is -2.70. The van der Waals surface area contributed by atoms with E-state index in [1.165, 1.54) is 35.5 Å². The molecular weight excluding hydrogens is 498 g/mol. The zero-order valence-electron chi connectivity index (χ0n) is 17.1. The first-order valence-electron chi connectivity index (χ1n) is 9.43. The monoisotopic (exact) mass is 517 g/mol. The number of aromatic nitrogens is 1. The van der Waals surface area contributed by atoms with Gasteiger partial charge in [0.1, 0.15) is 31.0 Å². The molecule has 2 fully saturated rings. The SMILES string of the molecule is CO/N=C(\C(=O)NC1C(=O)N2C(OC(=O)O)=C(SCC3COCO3)CS[C@@H]12)c1csc(N)n1. The fourth-order valence-corrected chi connectivity index (χ4v) is 6.30. The molecule has 13 nitrogen and oxygen atoms in total. The van der Waals surface area contributed by atoms with Crippen molar-refractivity contribution in [3.05, 3.63) is 21.9 Å². The smallest absolute Gasteiger partial charge is 0.449 e. The standard InChI is InChI=1S/C17H19N5O8S3/c1-27-21-10(8-4-33-16(18)19-8)12(23)20-11-13(24)22-14(30-17(25)26)9(5-32-15(11)22)31-3-7-2-28-6-29-7/h4,7,11,15H,2-3,5-6H2,1H3,(H2,18,19)(H,20,23)(H,25,26)/b21-10-/t7?,11?,15-/m0/s1. The minimum absolute atomic E-state index is 0.0521. The van der Waals surface area contributed by atoms with E-state index in [1.807, 2.05) is 0 Å². The molecular formula is C17H19N5O8S3. The van der Waals surface area contributed by atoms with E-state index < -0.39 is 29.4 Å². The maximum absolute atomic E-state index is 12.9. The van der Waals surface area contributed by atoms with Gasteiger partial charge < -0.3 is 35.2 Å². The first kappa shape index (κ1) is 23.6. The van der Waals surface area contributed by atoms with Crippen molar-refractivity contribution in [3.8, 4) is 0 Å². The van der Waals surface area contributed by atoms with Crippen LogP contribution in [0.2, 0.25) is 0 Å². The molecule has 3 aliphatic heterocycles. The molecule has 2 saturated heterocycles. The van der Waals surface area contributed by atoms with Gasteiger partial charge in [0.25, 0.3) is 11.8 Å². The van der Waals surface area contributed by atoms with E-state index in [0.717, 1.165) is 11.3 Å². The second-order valence-electron chi connectivity index (χ2n) is 6.74. The third-order valence-electron chi connectivity index (χ3n) is 4.65. The lowest BCUT2D eigenvalue weighted by atomic mass is 10.1. The van der Waals surface area contributed by atoms with E-state index in [2.05, 4.69) is 15.5 Å². The van der Waals surface area contributed by atoms with Gasteiger partial charge in [-0.3, -0.25) is 14.5 Å².